The number of thiocarbonyl (C=S) groups is 1. The fourth-order valence-electron chi connectivity index (χ4n) is 1.36. The number of nitrogens with one attached hydrogen (secondary N) is 3. The quantitative estimate of drug-likeness (QED) is 0.540. The molecule has 8 nitrogen and oxygen atoms in total. The van der Waals surface area contributed by atoms with Gasteiger partial charge in [-0.2, -0.15) is 0 Å². The number of hydrogen-bond acceptors (Lipinski definition) is 6. The van der Waals surface area contributed by atoms with Crippen molar-refractivity contribution in [3.05, 3.63) is 50.6 Å². The Bertz CT molecular complexity index is 744. The molecular formula is C10H8N4O4S. The fourth-order valence-corrected chi connectivity index (χ4v) is 1.66. The molecule has 2 heterocycles. The first-order valence-corrected chi connectivity index (χ1v) is 5.41. The third-order valence-corrected chi connectivity index (χ3v) is 2.48. The SMILES string of the molecule is Nc1[nH]c(=O)[nH]c(=O)c1C(=S)NC(=O)c1ccco1. The van der Waals surface area contributed by atoms with Crippen molar-refractivity contribution in [3.63, 3.8) is 0 Å². The average molecular weight is 280 g/mol. The molecule has 0 unspecified atom stereocenters. The summed E-state index contributed by atoms with van der Waals surface area (Å²) in [5.41, 5.74) is 3.75. The van der Waals surface area contributed by atoms with E-state index in [0.29, 0.717) is 0 Å². The van der Waals surface area contributed by atoms with Gasteiger partial charge in [-0.25, -0.2) is 4.79 Å². The van der Waals surface area contributed by atoms with E-state index in [-0.39, 0.29) is 22.1 Å². The van der Waals surface area contributed by atoms with Crippen LogP contribution in [0.3, 0.4) is 0 Å². The molecule has 98 valence electrons. The normalized spacial score (nSPS) is 10.1. The van der Waals surface area contributed by atoms with Crippen LogP contribution >= 0.6 is 12.2 Å². The zero-order chi connectivity index (χ0) is 14.0. The van der Waals surface area contributed by atoms with Gasteiger partial charge in [0, 0.05) is 0 Å². The number of aromatic amines is 2. The molecule has 0 aromatic carbocycles. The van der Waals surface area contributed by atoms with Gasteiger partial charge in [-0.15, -0.1) is 0 Å². The first kappa shape index (κ1) is 12.8. The van der Waals surface area contributed by atoms with E-state index in [0.717, 1.165) is 0 Å². The van der Waals surface area contributed by atoms with Gasteiger partial charge in [0.2, 0.25) is 0 Å². The minimum Gasteiger partial charge on any atom is -0.459 e. The van der Waals surface area contributed by atoms with Crippen LogP contribution in [-0.4, -0.2) is 20.9 Å². The third kappa shape index (κ3) is 2.60. The van der Waals surface area contributed by atoms with Crippen LogP contribution in [0.25, 0.3) is 0 Å². The highest BCUT2D eigenvalue weighted by Gasteiger charge is 2.16. The molecule has 0 spiro atoms. The highest BCUT2D eigenvalue weighted by atomic mass is 32.1. The summed E-state index contributed by atoms with van der Waals surface area (Å²) in [4.78, 5) is 38.1. The lowest BCUT2D eigenvalue weighted by Gasteiger charge is -2.06. The molecule has 2 aromatic rings. The zero-order valence-electron chi connectivity index (χ0n) is 9.35. The molecular weight excluding hydrogens is 272 g/mol. The minimum absolute atomic E-state index is 0.0294. The predicted molar refractivity (Wildman–Crippen MR) is 70.0 cm³/mol. The average Bonchev–Trinajstić information content (AvgIpc) is 2.80. The Kier molecular flexibility index (Phi) is 3.29. The smallest absolute Gasteiger partial charge is 0.327 e. The second-order valence-electron chi connectivity index (χ2n) is 3.46. The first-order valence-electron chi connectivity index (χ1n) is 5.00. The van der Waals surface area contributed by atoms with Crippen molar-refractivity contribution in [3.8, 4) is 0 Å². The van der Waals surface area contributed by atoms with Crippen LogP contribution < -0.4 is 22.3 Å². The molecule has 19 heavy (non-hydrogen) atoms. The number of amides is 1. The number of rotatable bonds is 2. The summed E-state index contributed by atoms with van der Waals surface area (Å²) in [6, 6.07) is 2.96. The molecule has 0 saturated heterocycles. The van der Waals surface area contributed by atoms with Crippen molar-refractivity contribution >= 4 is 28.9 Å². The van der Waals surface area contributed by atoms with Gasteiger partial charge < -0.3 is 15.5 Å². The summed E-state index contributed by atoms with van der Waals surface area (Å²) in [5, 5.41) is 2.28. The Balaban J connectivity index is 2.29. The molecule has 0 aliphatic rings. The van der Waals surface area contributed by atoms with Crippen molar-refractivity contribution in [1.29, 1.82) is 0 Å². The minimum atomic E-state index is -0.786. The molecule has 9 heteroatoms. The molecule has 0 atom stereocenters. The summed E-state index contributed by atoms with van der Waals surface area (Å²) in [6.45, 7) is 0. The second-order valence-corrected chi connectivity index (χ2v) is 3.87. The number of H-pyrrole nitrogens is 2. The molecule has 2 rings (SSSR count). The van der Waals surface area contributed by atoms with Crippen molar-refractivity contribution in [1.82, 2.24) is 15.3 Å². The monoisotopic (exact) mass is 280 g/mol. The molecule has 1 amide bonds. The van der Waals surface area contributed by atoms with Gasteiger partial charge >= 0.3 is 5.69 Å². The van der Waals surface area contributed by atoms with Gasteiger partial charge in [-0.3, -0.25) is 19.6 Å². The fraction of sp³-hybridized carbons (Fsp3) is 0. The summed E-state index contributed by atoms with van der Waals surface area (Å²) < 4.78 is 4.86. The second kappa shape index (κ2) is 4.90. The summed E-state index contributed by atoms with van der Waals surface area (Å²) in [7, 11) is 0. The van der Waals surface area contributed by atoms with Crippen LogP contribution in [0, 0.1) is 0 Å². The molecule has 0 fully saturated rings. The Morgan fingerprint density at radius 1 is 1.37 bits per heavy atom. The van der Waals surface area contributed by atoms with Gasteiger partial charge in [0.05, 0.1) is 6.26 Å². The molecule has 0 radical (unpaired) electrons. The predicted octanol–water partition coefficient (Wildman–Crippen LogP) is -0.656. The molecule has 0 bridgehead atoms. The molecule has 0 saturated carbocycles. The lowest BCUT2D eigenvalue weighted by Crippen LogP contribution is -2.37. The largest absolute Gasteiger partial charge is 0.459 e. The number of nitrogens with two attached hydrogens (primary N) is 1. The summed E-state index contributed by atoms with van der Waals surface area (Å²) in [6.07, 6.45) is 1.32. The number of aromatic nitrogens is 2. The van der Waals surface area contributed by atoms with Crippen molar-refractivity contribution in [2.24, 2.45) is 0 Å². The maximum absolute atomic E-state index is 11.7. The zero-order valence-corrected chi connectivity index (χ0v) is 10.2. The van der Waals surface area contributed by atoms with E-state index in [1.807, 2.05) is 4.98 Å². The Morgan fingerprint density at radius 3 is 2.68 bits per heavy atom. The number of hydrogen-bond donors (Lipinski definition) is 4. The van der Waals surface area contributed by atoms with Gasteiger partial charge in [-0.1, -0.05) is 12.2 Å². The van der Waals surface area contributed by atoms with Crippen molar-refractivity contribution < 1.29 is 9.21 Å². The number of carbonyl (C=O) groups is 1. The standard InChI is InChI=1S/C10H8N4O4S/c11-6-5(8(16)14-10(17)12-6)9(19)13-7(15)4-2-1-3-18-4/h1-3H,(H,13,15,19)(H4,11,12,14,16,17). The third-order valence-electron chi connectivity index (χ3n) is 2.17. The van der Waals surface area contributed by atoms with E-state index in [4.69, 9.17) is 22.4 Å². The number of furan rings is 1. The molecule has 5 N–H and O–H groups in total. The van der Waals surface area contributed by atoms with Crippen LogP contribution in [0.4, 0.5) is 5.82 Å². The molecule has 0 aliphatic carbocycles. The van der Waals surface area contributed by atoms with Crippen molar-refractivity contribution in [2.75, 3.05) is 5.73 Å². The van der Waals surface area contributed by atoms with Gasteiger partial charge in [-0.05, 0) is 12.1 Å². The Labute approximate surface area is 110 Å². The summed E-state index contributed by atoms with van der Waals surface area (Å²) in [5.74, 6) is -0.819. The maximum atomic E-state index is 11.7. The van der Waals surface area contributed by atoms with Crippen LogP contribution in [0.15, 0.2) is 32.4 Å². The van der Waals surface area contributed by atoms with Gasteiger partial charge in [0.25, 0.3) is 11.5 Å². The molecule has 2 aromatic heterocycles. The summed E-state index contributed by atoms with van der Waals surface area (Å²) >= 11 is 4.89. The first-order chi connectivity index (χ1) is 8.99. The highest BCUT2D eigenvalue weighted by molar-refractivity contribution is 7.80. The van der Waals surface area contributed by atoms with Crippen molar-refractivity contribution in [2.45, 2.75) is 0 Å². The maximum Gasteiger partial charge on any atom is 0.327 e. The Hall–Kier alpha value is -2.68. The number of carbonyl (C=O) groups excluding carboxylic acids is 1. The topological polar surface area (TPSA) is 134 Å². The lowest BCUT2D eigenvalue weighted by molar-refractivity contribution is 0.0951. The van der Waals surface area contributed by atoms with E-state index >= 15 is 0 Å². The van der Waals surface area contributed by atoms with Crippen LogP contribution in [0.5, 0.6) is 0 Å². The Morgan fingerprint density at radius 2 is 2.11 bits per heavy atom. The van der Waals surface area contributed by atoms with Crippen LogP contribution in [0.2, 0.25) is 0 Å². The van der Waals surface area contributed by atoms with E-state index < -0.39 is 17.2 Å². The van der Waals surface area contributed by atoms with Gasteiger partial charge in [0.1, 0.15) is 16.4 Å². The number of nitrogen functional groups attached to an aromatic ring is 1. The molecule has 0 aliphatic heterocycles. The van der Waals surface area contributed by atoms with E-state index in [1.165, 1.54) is 18.4 Å². The van der Waals surface area contributed by atoms with Crippen LogP contribution in [0.1, 0.15) is 16.1 Å². The van der Waals surface area contributed by atoms with E-state index in [1.54, 1.807) is 0 Å². The van der Waals surface area contributed by atoms with Crippen LogP contribution in [-0.2, 0) is 0 Å². The number of anilines is 1. The van der Waals surface area contributed by atoms with Gasteiger partial charge in [0.15, 0.2) is 5.76 Å². The highest BCUT2D eigenvalue weighted by Crippen LogP contribution is 2.03. The lowest BCUT2D eigenvalue weighted by atomic mass is 10.3. The van der Waals surface area contributed by atoms with E-state index in [9.17, 15) is 14.4 Å². The van der Waals surface area contributed by atoms with E-state index in [2.05, 4.69) is 10.3 Å².